The molecule has 8 heteroatoms. The monoisotopic (exact) mass is 384 g/mol. The van der Waals surface area contributed by atoms with Crippen molar-refractivity contribution < 1.29 is 14.3 Å². The fourth-order valence-electron chi connectivity index (χ4n) is 2.52. The number of carbonyl (C=O) groups is 1. The maximum atomic E-state index is 12.3. The molecule has 0 aliphatic carbocycles. The van der Waals surface area contributed by atoms with Gasteiger partial charge in [-0.25, -0.2) is 5.43 Å². The molecule has 3 aromatic rings. The van der Waals surface area contributed by atoms with Crippen LogP contribution in [0.1, 0.15) is 29.8 Å². The summed E-state index contributed by atoms with van der Waals surface area (Å²) in [5.41, 5.74) is 5.37. The third-order valence-electron chi connectivity index (χ3n) is 3.71. The molecule has 0 aliphatic heterocycles. The average Bonchev–Trinajstić information content (AvgIpc) is 3.01. The molecular weight excluding hydrogens is 364 g/mol. The van der Waals surface area contributed by atoms with E-state index in [0.29, 0.717) is 21.8 Å². The minimum absolute atomic E-state index is 0.0454. The molecule has 0 saturated heterocycles. The zero-order valence-electron chi connectivity index (χ0n) is 15.2. The standard InChI is InChI=1S/C19H20N4O3S/c1-11(2)26-16-7-4-12(8-17(16)25-3)10-20-23-18(24)13-5-6-14-15(9-13)22-19(27)21-14/h4-11H,1-3H3,(H,23,24)(H2,21,22,27)/b20-10-. The van der Waals surface area contributed by atoms with Crippen molar-refractivity contribution in [3.8, 4) is 11.5 Å². The number of nitrogens with one attached hydrogen (secondary N) is 3. The zero-order chi connectivity index (χ0) is 19.4. The highest BCUT2D eigenvalue weighted by Crippen LogP contribution is 2.28. The van der Waals surface area contributed by atoms with Crippen molar-refractivity contribution in [2.75, 3.05) is 7.11 Å². The fourth-order valence-corrected chi connectivity index (χ4v) is 2.74. The molecule has 0 atom stereocenters. The van der Waals surface area contributed by atoms with Crippen LogP contribution in [0, 0.1) is 4.77 Å². The van der Waals surface area contributed by atoms with Crippen molar-refractivity contribution >= 4 is 35.4 Å². The summed E-state index contributed by atoms with van der Waals surface area (Å²) in [6.07, 6.45) is 1.59. The van der Waals surface area contributed by atoms with Crippen LogP contribution in [0.2, 0.25) is 0 Å². The molecule has 140 valence electrons. The van der Waals surface area contributed by atoms with Crippen molar-refractivity contribution in [3.05, 3.63) is 52.3 Å². The first-order chi connectivity index (χ1) is 13.0. The minimum Gasteiger partial charge on any atom is -0.493 e. The first-order valence-corrected chi connectivity index (χ1v) is 8.77. The predicted molar refractivity (Wildman–Crippen MR) is 107 cm³/mol. The van der Waals surface area contributed by atoms with Crippen LogP contribution in [0.4, 0.5) is 0 Å². The number of aromatic nitrogens is 2. The van der Waals surface area contributed by atoms with E-state index in [-0.39, 0.29) is 12.0 Å². The molecule has 3 N–H and O–H groups in total. The third-order valence-corrected chi connectivity index (χ3v) is 3.91. The number of hydrogen-bond acceptors (Lipinski definition) is 5. The highest BCUT2D eigenvalue weighted by molar-refractivity contribution is 7.71. The average molecular weight is 384 g/mol. The number of H-pyrrole nitrogens is 2. The number of benzene rings is 2. The Labute approximate surface area is 161 Å². The molecule has 0 aliphatic rings. The maximum absolute atomic E-state index is 12.3. The topological polar surface area (TPSA) is 91.5 Å². The number of hydrogen-bond donors (Lipinski definition) is 3. The Morgan fingerprint density at radius 3 is 2.67 bits per heavy atom. The first-order valence-electron chi connectivity index (χ1n) is 8.36. The number of fused-ring (bicyclic) bond motifs is 1. The van der Waals surface area contributed by atoms with Crippen LogP contribution in [-0.2, 0) is 0 Å². The van der Waals surface area contributed by atoms with Gasteiger partial charge in [-0.3, -0.25) is 4.79 Å². The molecular formula is C19H20N4O3S. The first kappa shape index (κ1) is 18.7. The van der Waals surface area contributed by atoms with Crippen molar-refractivity contribution in [2.45, 2.75) is 20.0 Å². The third kappa shape index (κ3) is 4.53. The van der Waals surface area contributed by atoms with E-state index in [1.807, 2.05) is 26.0 Å². The van der Waals surface area contributed by atoms with E-state index in [0.717, 1.165) is 16.6 Å². The van der Waals surface area contributed by atoms with Crippen molar-refractivity contribution in [1.82, 2.24) is 15.4 Å². The van der Waals surface area contributed by atoms with Gasteiger partial charge >= 0.3 is 0 Å². The molecule has 7 nitrogen and oxygen atoms in total. The number of methoxy groups -OCH3 is 1. The van der Waals surface area contributed by atoms with Crippen molar-refractivity contribution in [1.29, 1.82) is 0 Å². The lowest BCUT2D eigenvalue weighted by molar-refractivity contribution is 0.0955. The number of nitrogens with zero attached hydrogens (tertiary/aromatic N) is 1. The van der Waals surface area contributed by atoms with E-state index in [2.05, 4.69) is 20.5 Å². The van der Waals surface area contributed by atoms with Gasteiger partial charge in [-0.05, 0) is 68.0 Å². The second-order valence-corrected chi connectivity index (χ2v) is 6.52. The molecule has 1 aromatic heterocycles. The Morgan fingerprint density at radius 2 is 1.93 bits per heavy atom. The number of imidazole rings is 1. The molecule has 0 radical (unpaired) electrons. The summed E-state index contributed by atoms with van der Waals surface area (Å²) >= 11 is 5.04. The molecule has 0 unspecified atom stereocenters. The maximum Gasteiger partial charge on any atom is 0.271 e. The number of hydrazone groups is 1. The van der Waals surface area contributed by atoms with Gasteiger partial charge in [0, 0.05) is 5.56 Å². The molecule has 0 fully saturated rings. The molecule has 1 amide bonds. The van der Waals surface area contributed by atoms with E-state index in [4.69, 9.17) is 21.7 Å². The van der Waals surface area contributed by atoms with Gasteiger partial charge < -0.3 is 19.4 Å². The lowest BCUT2D eigenvalue weighted by Gasteiger charge is -2.13. The van der Waals surface area contributed by atoms with Gasteiger partial charge in [-0.15, -0.1) is 0 Å². The molecule has 0 saturated carbocycles. The van der Waals surface area contributed by atoms with Crippen LogP contribution >= 0.6 is 12.2 Å². The van der Waals surface area contributed by atoms with Crippen LogP contribution in [0.5, 0.6) is 11.5 Å². The van der Waals surface area contributed by atoms with Gasteiger partial charge in [-0.2, -0.15) is 5.10 Å². The second-order valence-electron chi connectivity index (χ2n) is 6.12. The molecule has 0 bridgehead atoms. The SMILES string of the molecule is COc1cc(/C=N\NC(=O)c2ccc3[nH]c(=S)[nH]c3c2)ccc1OC(C)C. The van der Waals surface area contributed by atoms with E-state index >= 15 is 0 Å². The summed E-state index contributed by atoms with van der Waals surface area (Å²) in [5, 5.41) is 4.01. The van der Waals surface area contributed by atoms with Gasteiger partial charge in [0.05, 0.1) is 30.5 Å². The molecule has 2 aromatic carbocycles. The Bertz CT molecular complexity index is 1050. The predicted octanol–water partition coefficient (Wildman–Crippen LogP) is 3.79. The van der Waals surface area contributed by atoms with E-state index in [9.17, 15) is 4.79 Å². The van der Waals surface area contributed by atoms with Crippen molar-refractivity contribution in [3.63, 3.8) is 0 Å². The van der Waals surface area contributed by atoms with Gasteiger partial charge in [0.2, 0.25) is 0 Å². The highest BCUT2D eigenvalue weighted by Gasteiger charge is 2.08. The summed E-state index contributed by atoms with van der Waals surface area (Å²) in [5.74, 6) is 0.943. The molecule has 1 heterocycles. The minimum atomic E-state index is -0.319. The number of ether oxygens (including phenoxy) is 2. The quantitative estimate of drug-likeness (QED) is 0.343. The van der Waals surface area contributed by atoms with Crippen molar-refractivity contribution in [2.24, 2.45) is 5.10 Å². The molecule has 3 rings (SSSR count). The summed E-state index contributed by atoms with van der Waals surface area (Å²) in [6.45, 7) is 3.89. The fraction of sp³-hybridized carbons (Fsp3) is 0.211. The summed E-state index contributed by atoms with van der Waals surface area (Å²) < 4.78 is 11.5. The van der Waals surface area contributed by atoms with Crippen LogP contribution in [0.3, 0.4) is 0 Å². The Hall–Kier alpha value is -3.13. The summed E-state index contributed by atoms with van der Waals surface area (Å²) in [7, 11) is 1.58. The largest absolute Gasteiger partial charge is 0.493 e. The summed E-state index contributed by atoms with van der Waals surface area (Å²) in [4.78, 5) is 18.2. The highest BCUT2D eigenvalue weighted by atomic mass is 32.1. The van der Waals surface area contributed by atoms with E-state index in [1.165, 1.54) is 0 Å². The number of carbonyl (C=O) groups excluding carboxylic acids is 1. The smallest absolute Gasteiger partial charge is 0.271 e. The van der Waals surface area contributed by atoms with Crippen LogP contribution < -0.4 is 14.9 Å². The Balaban J connectivity index is 1.70. The van der Waals surface area contributed by atoms with Crippen LogP contribution in [0.15, 0.2) is 41.5 Å². The van der Waals surface area contributed by atoms with Gasteiger partial charge in [0.15, 0.2) is 16.3 Å². The zero-order valence-corrected chi connectivity index (χ0v) is 16.0. The Morgan fingerprint density at radius 1 is 1.15 bits per heavy atom. The van der Waals surface area contributed by atoms with Gasteiger partial charge in [-0.1, -0.05) is 0 Å². The van der Waals surface area contributed by atoms with Crippen LogP contribution in [0.25, 0.3) is 11.0 Å². The molecule has 0 spiro atoms. The van der Waals surface area contributed by atoms with E-state index in [1.54, 1.807) is 37.6 Å². The molecule has 27 heavy (non-hydrogen) atoms. The normalized spacial score (nSPS) is 11.3. The van der Waals surface area contributed by atoms with Crippen LogP contribution in [-0.4, -0.2) is 35.3 Å². The number of rotatable bonds is 6. The Kier molecular flexibility index (Phi) is 5.56. The lowest BCUT2D eigenvalue weighted by Crippen LogP contribution is -2.17. The number of aromatic amines is 2. The second kappa shape index (κ2) is 8.05. The van der Waals surface area contributed by atoms with Gasteiger partial charge in [0.1, 0.15) is 0 Å². The number of amides is 1. The van der Waals surface area contributed by atoms with Gasteiger partial charge in [0.25, 0.3) is 5.91 Å². The lowest BCUT2D eigenvalue weighted by atomic mass is 10.2. The summed E-state index contributed by atoms with van der Waals surface area (Å²) in [6, 6.07) is 10.6. The van der Waals surface area contributed by atoms with E-state index < -0.39 is 0 Å².